The van der Waals surface area contributed by atoms with Gasteiger partial charge < -0.3 is 4.57 Å². The maximum absolute atomic E-state index is 12.4. The van der Waals surface area contributed by atoms with Gasteiger partial charge in [0.25, 0.3) is 0 Å². The molecule has 0 fully saturated rings. The van der Waals surface area contributed by atoms with Gasteiger partial charge in [-0.3, -0.25) is 0 Å². The van der Waals surface area contributed by atoms with Crippen LogP contribution in [0.15, 0.2) is 18.5 Å². The van der Waals surface area contributed by atoms with Crippen LogP contribution in [0.2, 0.25) is 0 Å². The van der Waals surface area contributed by atoms with Gasteiger partial charge in [-0.25, -0.2) is 0 Å². The predicted octanol–water partition coefficient (Wildman–Crippen LogP) is 3.90. The largest absolute Gasteiger partial charge is 0.417 e. The van der Waals surface area contributed by atoms with Gasteiger partial charge in [-0.1, -0.05) is 13.8 Å². The molecule has 0 amide bonds. The lowest BCUT2D eigenvalue weighted by atomic mass is 9.90. The van der Waals surface area contributed by atoms with Crippen LogP contribution in [0.3, 0.4) is 0 Å². The predicted molar refractivity (Wildman–Crippen MR) is 53.6 cm³/mol. The molecule has 0 radical (unpaired) electrons. The van der Waals surface area contributed by atoms with Gasteiger partial charge in [-0.15, -0.1) is 0 Å². The van der Waals surface area contributed by atoms with Crippen molar-refractivity contribution in [1.29, 1.82) is 0 Å². The Labute approximate surface area is 87.9 Å². The van der Waals surface area contributed by atoms with Gasteiger partial charge in [0.15, 0.2) is 0 Å². The summed E-state index contributed by atoms with van der Waals surface area (Å²) in [6.45, 7) is 7.84. The SMILES string of the molecule is CC(C)C(C)(C)n1ccc(C(F)(F)F)c1. The van der Waals surface area contributed by atoms with Crippen LogP contribution in [-0.2, 0) is 11.7 Å². The Morgan fingerprint density at radius 1 is 1.20 bits per heavy atom. The molecular formula is C11H16F3N. The van der Waals surface area contributed by atoms with E-state index in [-0.39, 0.29) is 11.5 Å². The molecule has 0 aliphatic carbocycles. The first-order chi connectivity index (χ1) is 6.65. The van der Waals surface area contributed by atoms with Crippen molar-refractivity contribution in [3.63, 3.8) is 0 Å². The number of rotatable bonds is 2. The average molecular weight is 219 g/mol. The highest BCUT2D eigenvalue weighted by Crippen LogP contribution is 2.32. The van der Waals surface area contributed by atoms with Crippen LogP contribution in [0.25, 0.3) is 0 Å². The van der Waals surface area contributed by atoms with E-state index in [1.165, 1.54) is 12.4 Å². The standard InChI is InChI=1S/C11H16F3N/c1-8(2)10(3,4)15-6-5-9(7-15)11(12,13)14/h5-8H,1-4H3. The molecule has 1 aromatic rings. The average Bonchev–Trinajstić information content (AvgIpc) is 2.50. The maximum atomic E-state index is 12.4. The summed E-state index contributed by atoms with van der Waals surface area (Å²) in [6.07, 6.45) is -1.60. The van der Waals surface area contributed by atoms with Crippen LogP contribution < -0.4 is 0 Å². The lowest BCUT2D eigenvalue weighted by Crippen LogP contribution is -2.31. The summed E-state index contributed by atoms with van der Waals surface area (Å²) < 4.78 is 38.8. The first kappa shape index (κ1) is 12.1. The van der Waals surface area contributed by atoms with E-state index in [4.69, 9.17) is 0 Å². The van der Waals surface area contributed by atoms with Gasteiger partial charge in [0.05, 0.1) is 5.56 Å². The Morgan fingerprint density at radius 2 is 1.73 bits per heavy atom. The van der Waals surface area contributed by atoms with Crippen molar-refractivity contribution in [3.8, 4) is 0 Å². The Hall–Kier alpha value is -0.930. The number of hydrogen-bond donors (Lipinski definition) is 0. The molecule has 4 heteroatoms. The lowest BCUT2D eigenvalue weighted by molar-refractivity contribution is -0.137. The fourth-order valence-electron chi connectivity index (χ4n) is 1.22. The molecular weight excluding hydrogens is 203 g/mol. The maximum Gasteiger partial charge on any atom is 0.417 e. The molecule has 0 aromatic carbocycles. The third kappa shape index (κ3) is 2.36. The molecule has 15 heavy (non-hydrogen) atoms. The van der Waals surface area contributed by atoms with E-state index in [1.54, 1.807) is 4.57 Å². The molecule has 0 saturated heterocycles. The summed E-state index contributed by atoms with van der Waals surface area (Å²) in [6, 6.07) is 1.12. The Bertz CT molecular complexity index is 334. The second kappa shape index (κ2) is 3.58. The fraction of sp³-hybridized carbons (Fsp3) is 0.636. The number of nitrogens with zero attached hydrogens (tertiary/aromatic N) is 1. The van der Waals surface area contributed by atoms with Gasteiger partial charge in [-0.05, 0) is 25.8 Å². The van der Waals surface area contributed by atoms with Crippen molar-refractivity contribution >= 4 is 0 Å². The molecule has 0 N–H and O–H groups in total. The third-order valence-electron chi connectivity index (χ3n) is 3.10. The van der Waals surface area contributed by atoms with Gasteiger partial charge in [0.2, 0.25) is 0 Å². The molecule has 1 aromatic heterocycles. The van der Waals surface area contributed by atoms with Crippen LogP contribution in [0.4, 0.5) is 13.2 Å². The normalized spacial score (nSPS) is 13.6. The first-order valence-corrected chi connectivity index (χ1v) is 4.91. The highest BCUT2D eigenvalue weighted by molar-refractivity contribution is 5.15. The van der Waals surface area contributed by atoms with Gasteiger partial charge in [0, 0.05) is 17.9 Å². The second-order valence-corrected chi connectivity index (χ2v) is 4.61. The van der Waals surface area contributed by atoms with Gasteiger partial charge in [0.1, 0.15) is 0 Å². The minimum atomic E-state index is -4.25. The summed E-state index contributed by atoms with van der Waals surface area (Å²) in [5, 5.41) is 0. The van der Waals surface area contributed by atoms with Gasteiger partial charge in [-0.2, -0.15) is 13.2 Å². The van der Waals surface area contributed by atoms with Crippen LogP contribution >= 0.6 is 0 Å². The number of hydrogen-bond acceptors (Lipinski definition) is 0. The zero-order chi connectivity index (χ0) is 11.9. The first-order valence-electron chi connectivity index (χ1n) is 4.91. The lowest BCUT2D eigenvalue weighted by Gasteiger charge is -2.31. The molecule has 0 spiro atoms. The highest BCUT2D eigenvalue weighted by atomic mass is 19.4. The van der Waals surface area contributed by atoms with E-state index in [0.29, 0.717) is 0 Å². The van der Waals surface area contributed by atoms with E-state index in [2.05, 4.69) is 0 Å². The van der Waals surface area contributed by atoms with E-state index in [0.717, 1.165) is 6.07 Å². The summed E-state index contributed by atoms with van der Waals surface area (Å²) in [7, 11) is 0. The Morgan fingerprint density at radius 3 is 2.07 bits per heavy atom. The quantitative estimate of drug-likeness (QED) is 0.711. The smallest absolute Gasteiger partial charge is 0.348 e. The Balaban J connectivity index is 3.04. The summed E-state index contributed by atoms with van der Waals surface area (Å²) in [5.74, 6) is 0.269. The van der Waals surface area contributed by atoms with Crippen molar-refractivity contribution < 1.29 is 13.2 Å². The van der Waals surface area contributed by atoms with Crippen molar-refractivity contribution in [3.05, 3.63) is 24.0 Å². The van der Waals surface area contributed by atoms with Crippen LogP contribution in [0.5, 0.6) is 0 Å². The number of aromatic nitrogens is 1. The molecule has 0 aliphatic heterocycles. The molecule has 1 heterocycles. The molecule has 1 rings (SSSR count). The van der Waals surface area contributed by atoms with Gasteiger partial charge >= 0.3 is 6.18 Å². The third-order valence-corrected chi connectivity index (χ3v) is 3.10. The molecule has 0 bridgehead atoms. The summed E-state index contributed by atoms with van der Waals surface area (Å²) in [5.41, 5.74) is -0.889. The molecule has 0 saturated carbocycles. The highest BCUT2D eigenvalue weighted by Gasteiger charge is 2.33. The second-order valence-electron chi connectivity index (χ2n) is 4.61. The van der Waals surface area contributed by atoms with E-state index in [9.17, 15) is 13.2 Å². The monoisotopic (exact) mass is 219 g/mol. The molecule has 86 valence electrons. The zero-order valence-corrected chi connectivity index (χ0v) is 9.39. The van der Waals surface area contributed by atoms with Crippen molar-refractivity contribution in [2.24, 2.45) is 5.92 Å². The zero-order valence-electron chi connectivity index (χ0n) is 9.39. The minimum Gasteiger partial charge on any atom is -0.348 e. The molecule has 0 unspecified atom stereocenters. The van der Waals surface area contributed by atoms with Crippen molar-refractivity contribution in [2.75, 3.05) is 0 Å². The molecule has 0 aliphatic rings. The van der Waals surface area contributed by atoms with Crippen molar-refractivity contribution in [1.82, 2.24) is 4.57 Å². The Kier molecular flexibility index (Phi) is 2.90. The number of alkyl halides is 3. The summed E-state index contributed by atoms with van der Waals surface area (Å²) in [4.78, 5) is 0. The topological polar surface area (TPSA) is 4.93 Å². The fourth-order valence-corrected chi connectivity index (χ4v) is 1.22. The van der Waals surface area contributed by atoms with E-state index < -0.39 is 11.7 Å². The van der Waals surface area contributed by atoms with Crippen molar-refractivity contribution in [2.45, 2.75) is 39.4 Å². The van der Waals surface area contributed by atoms with Crippen LogP contribution in [0, 0.1) is 5.92 Å². The molecule has 1 nitrogen and oxygen atoms in total. The summed E-state index contributed by atoms with van der Waals surface area (Å²) >= 11 is 0. The minimum absolute atomic E-state index is 0.269. The van der Waals surface area contributed by atoms with E-state index in [1.807, 2.05) is 27.7 Å². The van der Waals surface area contributed by atoms with Crippen LogP contribution in [0.1, 0.15) is 33.3 Å². The van der Waals surface area contributed by atoms with Crippen LogP contribution in [-0.4, -0.2) is 4.57 Å². The van der Waals surface area contributed by atoms with E-state index >= 15 is 0 Å². The molecule has 0 atom stereocenters. The number of halogens is 3.